The lowest BCUT2D eigenvalue weighted by molar-refractivity contribution is -0.383. The van der Waals surface area contributed by atoms with Gasteiger partial charge in [-0.25, -0.2) is 23.7 Å². The first-order valence-corrected chi connectivity index (χ1v) is 9.19. The molecule has 0 saturated carbocycles. The molecule has 4 aromatic rings. The number of anilines is 4. The predicted octanol–water partition coefficient (Wildman–Crippen LogP) is 4.77. The highest BCUT2D eigenvalue weighted by Gasteiger charge is 2.24. The van der Waals surface area contributed by atoms with Crippen molar-refractivity contribution in [3.05, 3.63) is 64.5 Å². The number of fused-ring (bicyclic) bond motifs is 1. The molecule has 0 aliphatic rings. The van der Waals surface area contributed by atoms with Crippen LogP contribution in [0.15, 0.2) is 42.7 Å². The van der Waals surface area contributed by atoms with Gasteiger partial charge in [0.2, 0.25) is 11.6 Å². The molecule has 152 valence electrons. The number of hydrogen-bond acceptors (Lipinski definition) is 9. The lowest BCUT2D eigenvalue weighted by Gasteiger charge is -2.09. The Morgan fingerprint density at radius 1 is 1.07 bits per heavy atom. The zero-order valence-corrected chi connectivity index (χ0v) is 16.0. The summed E-state index contributed by atoms with van der Waals surface area (Å²) in [5.74, 6) is -1.77. The highest BCUT2D eigenvalue weighted by Crippen LogP contribution is 2.36. The molecule has 30 heavy (non-hydrogen) atoms. The molecule has 0 saturated heterocycles. The van der Waals surface area contributed by atoms with Gasteiger partial charge in [0.25, 0.3) is 0 Å². The number of thiazole rings is 1. The van der Waals surface area contributed by atoms with Gasteiger partial charge in [-0.05, 0) is 30.3 Å². The quantitative estimate of drug-likeness (QED) is 0.332. The van der Waals surface area contributed by atoms with Crippen molar-refractivity contribution in [1.29, 1.82) is 0 Å². The molecule has 2 aromatic carbocycles. The third-order valence-electron chi connectivity index (χ3n) is 4.01. The molecule has 2 aromatic heterocycles. The van der Waals surface area contributed by atoms with Crippen LogP contribution in [0.3, 0.4) is 0 Å². The fourth-order valence-corrected chi connectivity index (χ4v) is 3.53. The van der Waals surface area contributed by atoms with Crippen molar-refractivity contribution in [1.82, 2.24) is 15.0 Å². The van der Waals surface area contributed by atoms with E-state index in [0.29, 0.717) is 16.4 Å². The molecule has 0 fully saturated rings. The van der Waals surface area contributed by atoms with Gasteiger partial charge >= 0.3 is 5.69 Å². The molecular weight excluding hydrogens is 418 g/mol. The normalized spacial score (nSPS) is 10.8. The first-order valence-electron chi connectivity index (χ1n) is 8.37. The molecule has 0 atom stereocenters. The molecule has 0 unspecified atom stereocenters. The summed E-state index contributed by atoms with van der Waals surface area (Å²) in [5.41, 5.74) is 0.299. The molecule has 0 bridgehead atoms. The smallest absolute Gasteiger partial charge is 0.353 e. The summed E-state index contributed by atoms with van der Waals surface area (Å²) in [6.07, 6.45) is 1.11. The highest BCUT2D eigenvalue weighted by molar-refractivity contribution is 7.22. The zero-order valence-electron chi connectivity index (χ0n) is 15.2. The van der Waals surface area contributed by atoms with Gasteiger partial charge < -0.3 is 15.4 Å². The fourth-order valence-electron chi connectivity index (χ4n) is 2.63. The number of nitrogens with one attached hydrogen (secondary N) is 2. The Balaban J connectivity index is 1.69. The van der Waals surface area contributed by atoms with E-state index in [1.807, 2.05) is 0 Å². The number of rotatable bonds is 6. The van der Waals surface area contributed by atoms with E-state index in [-0.39, 0.29) is 17.3 Å². The predicted molar refractivity (Wildman–Crippen MR) is 108 cm³/mol. The molecule has 12 heteroatoms. The van der Waals surface area contributed by atoms with Gasteiger partial charge in [-0.15, -0.1) is 0 Å². The summed E-state index contributed by atoms with van der Waals surface area (Å²) in [6, 6.07) is 8.32. The third kappa shape index (κ3) is 3.80. The van der Waals surface area contributed by atoms with E-state index in [9.17, 15) is 18.9 Å². The summed E-state index contributed by atoms with van der Waals surface area (Å²) >= 11 is 1.26. The maximum atomic E-state index is 13.5. The summed E-state index contributed by atoms with van der Waals surface area (Å²) in [6.45, 7) is 0. The van der Waals surface area contributed by atoms with Gasteiger partial charge in [0.05, 0.1) is 22.2 Å². The van der Waals surface area contributed by atoms with Crippen molar-refractivity contribution in [2.45, 2.75) is 0 Å². The van der Waals surface area contributed by atoms with Crippen molar-refractivity contribution >= 4 is 49.7 Å². The fraction of sp³-hybridized carbons (Fsp3) is 0.0556. The number of benzene rings is 2. The van der Waals surface area contributed by atoms with Crippen molar-refractivity contribution in [3.8, 4) is 5.75 Å². The first kappa shape index (κ1) is 19.4. The van der Waals surface area contributed by atoms with Crippen LogP contribution in [-0.4, -0.2) is 27.0 Å². The average molecular weight is 430 g/mol. The monoisotopic (exact) mass is 430 g/mol. The van der Waals surface area contributed by atoms with Crippen LogP contribution in [0.25, 0.3) is 10.2 Å². The molecule has 0 aliphatic heterocycles. The van der Waals surface area contributed by atoms with Crippen LogP contribution in [0.2, 0.25) is 0 Å². The van der Waals surface area contributed by atoms with Crippen LogP contribution < -0.4 is 15.4 Å². The minimum atomic E-state index is -1.10. The lowest BCUT2D eigenvalue weighted by atomic mass is 10.3. The van der Waals surface area contributed by atoms with E-state index >= 15 is 0 Å². The van der Waals surface area contributed by atoms with Crippen LogP contribution in [0.4, 0.5) is 36.9 Å². The summed E-state index contributed by atoms with van der Waals surface area (Å²) in [4.78, 5) is 23.2. The topological polar surface area (TPSA) is 115 Å². The summed E-state index contributed by atoms with van der Waals surface area (Å²) in [5, 5.41) is 17.5. The van der Waals surface area contributed by atoms with Crippen molar-refractivity contribution in [3.63, 3.8) is 0 Å². The molecule has 0 radical (unpaired) electrons. The SMILES string of the molecule is COc1ccc2nc(Nc3ncnc(Nc4ccc(F)c(F)c4)c3[N+](=O)[O-])sc2c1. The van der Waals surface area contributed by atoms with E-state index in [4.69, 9.17) is 4.74 Å². The number of methoxy groups -OCH3 is 1. The number of halogens is 2. The van der Waals surface area contributed by atoms with Gasteiger partial charge in [-0.2, -0.15) is 0 Å². The Hall–Kier alpha value is -3.93. The Bertz CT molecular complexity index is 1270. The molecule has 2 N–H and O–H groups in total. The Morgan fingerprint density at radius 2 is 1.83 bits per heavy atom. The van der Waals surface area contributed by atoms with Gasteiger partial charge in [0, 0.05) is 11.8 Å². The molecule has 9 nitrogen and oxygen atoms in total. The number of aromatic nitrogens is 3. The van der Waals surface area contributed by atoms with Gasteiger partial charge in [-0.3, -0.25) is 10.1 Å². The van der Waals surface area contributed by atoms with E-state index < -0.39 is 22.2 Å². The second kappa shape index (κ2) is 7.83. The molecule has 0 spiro atoms. The third-order valence-corrected chi connectivity index (χ3v) is 4.94. The maximum Gasteiger partial charge on any atom is 0.353 e. The zero-order chi connectivity index (χ0) is 21.3. The number of hydrogen-bond donors (Lipinski definition) is 2. The largest absolute Gasteiger partial charge is 0.497 e. The Kier molecular flexibility index (Phi) is 5.06. The molecular formula is C18H12F2N6O3S. The van der Waals surface area contributed by atoms with Gasteiger partial charge in [0.1, 0.15) is 12.1 Å². The molecule has 0 amide bonds. The second-order valence-electron chi connectivity index (χ2n) is 5.91. The summed E-state index contributed by atoms with van der Waals surface area (Å²) in [7, 11) is 1.55. The lowest BCUT2D eigenvalue weighted by Crippen LogP contribution is -2.05. The van der Waals surface area contributed by atoms with Crippen LogP contribution in [-0.2, 0) is 0 Å². The maximum absolute atomic E-state index is 13.5. The van der Waals surface area contributed by atoms with Gasteiger partial charge in [-0.1, -0.05) is 11.3 Å². The summed E-state index contributed by atoms with van der Waals surface area (Å²) < 4.78 is 32.6. The van der Waals surface area contributed by atoms with Crippen LogP contribution in [0, 0.1) is 21.7 Å². The van der Waals surface area contributed by atoms with E-state index in [1.165, 1.54) is 17.4 Å². The standard InChI is InChI=1S/C18H12F2N6O3S/c1-29-10-3-5-13-14(7-10)30-18(24-13)25-17-15(26(27)28)16(21-8-22-17)23-9-2-4-11(19)12(20)6-9/h2-8H,1H3,(H2,21,22,23,24,25). The van der Waals surface area contributed by atoms with E-state index in [1.54, 1.807) is 25.3 Å². The Labute approximate surface area is 171 Å². The van der Waals surface area contributed by atoms with Crippen molar-refractivity contribution < 1.29 is 18.4 Å². The van der Waals surface area contributed by atoms with Crippen molar-refractivity contribution in [2.75, 3.05) is 17.7 Å². The highest BCUT2D eigenvalue weighted by atomic mass is 32.1. The van der Waals surface area contributed by atoms with E-state index in [2.05, 4.69) is 25.6 Å². The second-order valence-corrected chi connectivity index (χ2v) is 6.94. The van der Waals surface area contributed by atoms with Crippen molar-refractivity contribution in [2.24, 2.45) is 0 Å². The minimum absolute atomic E-state index is 0.0914. The van der Waals surface area contributed by atoms with Gasteiger partial charge in [0.15, 0.2) is 16.8 Å². The van der Waals surface area contributed by atoms with E-state index in [0.717, 1.165) is 23.2 Å². The Morgan fingerprint density at radius 3 is 2.53 bits per heavy atom. The number of nitro groups is 1. The number of nitrogens with zero attached hydrogens (tertiary/aromatic N) is 4. The number of ether oxygens (including phenoxy) is 1. The first-order chi connectivity index (χ1) is 14.4. The van der Waals surface area contributed by atoms with Crippen LogP contribution in [0.5, 0.6) is 5.75 Å². The van der Waals surface area contributed by atoms with Crippen LogP contribution in [0.1, 0.15) is 0 Å². The molecule has 4 rings (SSSR count). The average Bonchev–Trinajstić information content (AvgIpc) is 3.12. The minimum Gasteiger partial charge on any atom is -0.497 e. The molecule has 2 heterocycles. The molecule has 0 aliphatic carbocycles. The van der Waals surface area contributed by atoms with Crippen LogP contribution >= 0.6 is 11.3 Å².